The highest BCUT2D eigenvalue weighted by molar-refractivity contribution is 6.17. The van der Waals surface area contributed by atoms with Crippen molar-refractivity contribution >= 4 is 23.3 Å². The van der Waals surface area contributed by atoms with E-state index in [4.69, 9.17) is 22.1 Å². The summed E-state index contributed by atoms with van der Waals surface area (Å²) in [5, 5.41) is 0. The fraction of sp³-hybridized carbons (Fsp3) is 0.455. The van der Waals surface area contributed by atoms with Crippen molar-refractivity contribution in [1.82, 2.24) is 4.98 Å². The molecule has 1 aromatic heterocycles. The molecule has 0 saturated heterocycles. The van der Waals surface area contributed by atoms with E-state index in [0.29, 0.717) is 0 Å². The zero-order chi connectivity index (χ0) is 13.7. The Labute approximate surface area is 108 Å². The molecule has 1 aromatic rings. The van der Waals surface area contributed by atoms with Crippen LogP contribution in [0, 0.1) is 0 Å². The highest BCUT2D eigenvalue weighted by Crippen LogP contribution is 2.28. The van der Waals surface area contributed by atoms with Crippen molar-refractivity contribution in [2.24, 2.45) is 0 Å². The van der Waals surface area contributed by atoms with Gasteiger partial charge in [-0.05, 0) is 12.5 Å². The van der Waals surface area contributed by atoms with E-state index in [0.717, 1.165) is 6.20 Å². The lowest BCUT2D eigenvalue weighted by molar-refractivity contribution is -0.142. The molecule has 4 nitrogen and oxygen atoms in total. The number of aromatic nitrogens is 1. The van der Waals surface area contributed by atoms with E-state index in [1.807, 2.05) is 0 Å². The van der Waals surface area contributed by atoms with Gasteiger partial charge < -0.3 is 10.5 Å². The van der Waals surface area contributed by atoms with Crippen LogP contribution in [0.5, 0.6) is 0 Å². The number of nitrogen functional groups attached to an aromatic ring is 1. The second-order valence-corrected chi connectivity index (χ2v) is 3.74. The molecular formula is C11H13ClF2N2O2. The van der Waals surface area contributed by atoms with Crippen molar-refractivity contribution in [2.75, 3.05) is 12.3 Å². The summed E-state index contributed by atoms with van der Waals surface area (Å²) in [5.74, 6) is -0.728. The van der Waals surface area contributed by atoms with Crippen molar-refractivity contribution in [1.29, 1.82) is 0 Å². The number of pyridine rings is 1. The first-order valence-electron chi connectivity index (χ1n) is 5.27. The summed E-state index contributed by atoms with van der Waals surface area (Å²) in [6.07, 6.45) is -1.85. The van der Waals surface area contributed by atoms with Gasteiger partial charge in [-0.2, -0.15) is 0 Å². The molecule has 0 spiro atoms. The maximum atomic E-state index is 12.7. The molecule has 0 aliphatic carbocycles. The highest BCUT2D eigenvalue weighted by Gasteiger charge is 2.21. The van der Waals surface area contributed by atoms with E-state index in [-0.39, 0.29) is 35.7 Å². The Bertz CT molecular complexity index is 441. The molecule has 1 heterocycles. The summed E-state index contributed by atoms with van der Waals surface area (Å²) in [7, 11) is 0. The first kappa shape index (κ1) is 14.6. The molecule has 0 atom stereocenters. The number of hydrogen-bond donors (Lipinski definition) is 1. The van der Waals surface area contributed by atoms with Gasteiger partial charge in [0, 0.05) is 11.4 Å². The lowest BCUT2D eigenvalue weighted by Gasteiger charge is -2.13. The first-order chi connectivity index (χ1) is 8.51. The number of nitrogens with zero attached hydrogens (tertiary/aromatic N) is 1. The van der Waals surface area contributed by atoms with Crippen LogP contribution in [0.15, 0.2) is 6.20 Å². The first-order valence-corrected chi connectivity index (χ1v) is 5.80. The van der Waals surface area contributed by atoms with Gasteiger partial charge in [-0.1, -0.05) is 0 Å². The van der Waals surface area contributed by atoms with Crippen LogP contribution in [-0.4, -0.2) is 17.6 Å². The monoisotopic (exact) mass is 278 g/mol. The number of ether oxygens (including phenoxy) is 1. The van der Waals surface area contributed by atoms with E-state index in [1.54, 1.807) is 6.92 Å². The number of alkyl halides is 3. The Hall–Kier alpha value is -1.43. The number of rotatable bonds is 5. The quantitative estimate of drug-likeness (QED) is 0.664. The van der Waals surface area contributed by atoms with Gasteiger partial charge in [0.25, 0.3) is 6.43 Å². The van der Waals surface area contributed by atoms with Gasteiger partial charge in [-0.25, -0.2) is 8.78 Å². The fourth-order valence-corrected chi connectivity index (χ4v) is 1.82. The number of anilines is 1. The molecule has 0 radical (unpaired) electrons. The molecular weight excluding hydrogens is 266 g/mol. The maximum absolute atomic E-state index is 12.7. The molecule has 18 heavy (non-hydrogen) atoms. The van der Waals surface area contributed by atoms with Crippen LogP contribution >= 0.6 is 11.6 Å². The summed E-state index contributed by atoms with van der Waals surface area (Å²) in [6.45, 7) is 1.86. The average Bonchev–Trinajstić information content (AvgIpc) is 2.31. The summed E-state index contributed by atoms with van der Waals surface area (Å²) in [4.78, 5) is 14.9. The van der Waals surface area contributed by atoms with Crippen LogP contribution in [-0.2, 0) is 21.8 Å². The van der Waals surface area contributed by atoms with Gasteiger partial charge in [0.1, 0.15) is 5.69 Å². The van der Waals surface area contributed by atoms with E-state index in [9.17, 15) is 13.6 Å². The van der Waals surface area contributed by atoms with Crippen molar-refractivity contribution in [2.45, 2.75) is 25.7 Å². The van der Waals surface area contributed by atoms with Gasteiger partial charge in [0.2, 0.25) is 0 Å². The third-order valence-corrected chi connectivity index (χ3v) is 2.60. The topological polar surface area (TPSA) is 65.2 Å². The summed E-state index contributed by atoms with van der Waals surface area (Å²) in [5.41, 5.74) is 5.70. The van der Waals surface area contributed by atoms with Crippen LogP contribution in [0.1, 0.15) is 30.2 Å². The van der Waals surface area contributed by atoms with Crippen LogP contribution in [0.2, 0.25) is 0 Å². The molecule has 0 amide bonds. The molecule has 0 aliphatic heterocycles. The number of nitrogens with two attached hydrogens (primary N) is 1. The number of carbonyl (C=O) groups is 1. The molecule has 1 rings (SSSR count). The third kappa shape index (κ3) is 3.29. The zero-order valence-corrected chi connectivity index (χ0v) is 10.5. The minimum absolute atomic E-state index is 0.0970. The molecule has 100 valence electrons. The minimum Gasteiger partial charge on any atom is -0.466 e. The molecule has 0 aliphatic rings. The Balaban J connectivity index is 3.15. The largest absolute Gasteiger partial charge is 0.466 e. The van der Waals surface area contributed by atoms with Crippen molar-refractivity contribution in [3.63, 3.8) is 0 Å². The van der Waals surface area contributed by atoms with Crippen molar-refractivity contribution < 1.29 is 18.3 Å². The van der Waals surface area contributed by atoms with Gasteiger partial charge in [0.15, 0.2) is 0 Å². The Morgan fingerprint density at radius 1 is 1.56 bits per heavy atom. The van der Waals surface area contributed by atoms with Crippen LogP contribution in [0.4, 0.5) is 14.5 Å². The highest BCUT2D eigenvalue weighted by atomic mass is 35.5. The van der Waals surface area contributed by atoms with Crippen molar-refractivity contribution in [3.8, 4) is 0 Å². The molecule has 0 aromatic carbocycles. The SMILES string of the molecule is CCOC(=O)Cc1c(N)cnc(C(F)F)c1CCl. The second-order valence-electron chi connectivity index (χ2n) is 3.47. The smallest absolute Gasteiger partial charge is 0.310 e. The summed E-state index contributed by atoms with van der Waals surface area (Å²) >= 11 is 5.63. The van der Waals surface area contributed by atoms with E-state index in [1.165, 1.54) is 0 Å². The van der Waals surface area contributed by atoms with Gasteiger partial charge in [0.05, 0.1) is 24.9 Å². The number of hydrogen-bond acceptors (Lipinski definition) is 4. The molecule has 0 unspecified atom stereocenters. The lowest BCUT2D eigenvalue weighted by atomic mass is 10.0. The van der Waals surface area contributed by atoms with E-state index in [2.05, 4.69) is 4.98 Å². The standard InChI is InChI=1S/C11H13ClF2N2O2/c1-2-18-9(17)3-6-7(4-12)10(11(13)14)16-5-8(6)15/h5,11H,2-4,15H2,1H3. The number of esters is 1. The van der Waals surface area contributed by atoms with E-state index >= 15 is 0 Å². The zero-order valence-electron chi connectivity index (χ0n) is 9.75. The molecule has 7 heteroatoms. The summed E-state index contributed by atoms with van der Waals surface area (Å²) < 4.78 is 30.2. The van der Waals surface area contributed by atoms with Crippen LogP contribution in [0.25, 0.3) is 0 Å². The van der Waals surface area contributed by atoms with Crippen molar-refractivity contribution in [3.05, 3.63) is 23.0 Å². The predicted molar refractivity (Wildman–Crippen MR) is 63.5 cm³/mol. The fourth-order valence-electron chi connectivity index (χ4n) is 1.53. The van der Waals surface area contributed by atoms with Gasteiger partial charge in [-0.3, -0.25) is 9.78 Å². The predicted octanol–water partition coefficient (Wildman–Crippen LogP) is 2.45. The molecule has 2 N–H and O–H groups in total. The van der Waals surface area contributed by atoms with Crippen LogP contribution < -0.4 is 5.73 Å². The van der Waals surface area contributed by atoms with Gasteiger partial charge in [-0.15, -0.1) is 11.6 Å². The molecule has 0 bridgehead atoms. The molecule has 0 saturated carbocycles. The maximum Gasteiger partial charge on any atom is 0.310 e. The Morgan fingerprint density at radius 3 is 2.72 bits per heavy atom. The normalized spacial score (nSPS) is 10.7. The minimum atomic E-state index is -2.76. The second kappa shape index (κ2) is 6.49. The van der Waals surface area contributed by atoms with Crippen LogP contribution in [0.3, 0.4) is 0 Å². The van der Waals surface area contributed by atoms with E-state index < -0.39 is 18.1 Å². The Morgan fingerprint density at radius 2 is 2.22 bits per heavy atom. The third-order valence-electron chi connectivity index (χ3n) is 2.33. The Kier molecular flexibility index (Phi) is 5.27. The number of halogens is 3. The average molecular weight is 279 g/mol. The lowest BCUT2D eigenvalue weighted by Crippen LogP contribution is -2.13. The summed E-state index contributed by atoms with van der Waals surface area (Å²) in [6, 6.07) is 0. The molecule has 0 fully saturated rings. The van der Waals surface area contributed by atoms with Gasteiger partial charge >= 0.3 is 5.97 Å². The number of carbonyl (C=O) groups excluding carboxylic acids is 1.